The molecule has 0 radical (unpaired) electrons. The normalized spacial score (nSPS) is 15.1. The van der Waals surface area contributed by atoms with Crippen molar-refractivity contribution in [3.8, 4) is 0 Å². The molecule has 0 aromatic carbocycles. The Labute approximate surface area is 330 Å². The van der Waals surface area contributed by atoms with Crippen LogP contribution in [0.4, 0.5) is 0 Å². The van der Waals surface area contributed by atoms with Crippen LogP contribution in [0.5, 0.6) is 0 Å². The average molecular weight is 773 g/mol. The smallest absolute Gasteiger partial charge is 0.387 e. The minimum Gasteiger partial charge on any atom is -0.387 e. The zero-order chi connectivity index (χ0) is 39.6. The molecule has 3 unspecified atom stereocenters. The number of nitrogens with two attached hydrogens (primary N) is 1. The molecule has 0 aliphatic carbocycles. The largest absolute Gasteiger partial charge is 0.472 e. The second-order valence-electron chi connectivity index (χ2n) is 13.5. The maximum Gasteiger partial charge on any atom is 0.472 e. The van der Waals surface area contributed by atoms with Gasteiger partial charge in [0.2, 0.25) is 5.91 Å². The third-order valence-corrected chi connectivity index (χ3v) is 9.38. The topological polar surface area (TPSA) is 131 Å². The van der Waals surface area contributed by atoms with Gasteiger partial charge in [0.1, 0.15) is 0 Å². The molecule has 3 atom stereocenters. The fraction of sp³-hybridized carbons (Fsp3) is 0.622. The second-order valence-corrected chi connectivity index (χ2v) is 14.9. The van der Waals surface area contributed by atoms with Gasteiger partial charge in [-0.25, -0.2) is 4.57 Å². The zero-order valence-corrected chi connectivity index (χ0v) is 34.8. The number of hydrogen-bond acceptors (Lipinski definition) is 6. The molecule has 54 heavy (non-hydrogen) atoms. The first-order valence-electron chi connectivity index (χ1n) is 20.9. The van der Waals surface area contributed by atoms with E-state index in [0.717, 1.165) is 70.6 Å². The molecule has 9 heteroatoms. The van der Waals surface area contributed by atoms with Crippen molar-refractivity contribution >= 4 is 13.7 Å². The fourth-order valence-electron chi connectivity index (χ4n) is 5.27. The highest BCUT2D eigenvalue weighted by atomic mass is 31.2. The van der Waals surface area contributed by atoms with Crippen LogP contribution in [-0.2, 0) is 18.4 Å². The summed E-state index contributed by atoms with van der Waals surface area (Å²) in [6.45, 7) is 3.93. The lowest BCUT2D eigenvalue weighted by Gasteiger charge is -2.23. The van der Waals surface area contributed by atoms with E-state index >= 15 is 0 Å². The molecule has 0 heterocycles. The van der Waals surface area contributed by atoms with Crippen LogP contribution in [-0.4, -0.2) is 47.8 Å². The van der Waals surface area contributed by atoms with E-state index < -0.39 is 20.0 Å². The SMILES string of the molecule is CC/C=C\C/C=C\C/C=C\C/C=C\C/C=C\C/C=C\CCCCC(=O)NC(COP(=O)(O)OCCN)C(O)/C=C/CC/C=C/CCCCCCCCCC. The lowest BCUT2D eigenvalue weighted by atomic mass is 10.1. The molecule has 0 aromatic rings. The number of aliphatic hydroxyl groups is 1. The summed E-state index contributed by atoms with van der Waals surface area (Å²) in [5.41, 5.74) is 5.36. The summed E-state index contributed by atoms with van der Waals surface area (Å²) in [5.74, 6) is -0.252. The molecule has 0 saturated carbocycles. The van der Waals surface area contributed by atoms with Gasteiger partial charge in [0.05, 0.1) is 25.4 Å². The Bertz CT molecular complexity index is 1160. The summed E-state index contributed by atoms with van der Waals surface area (Å²) in [6, 6.07) is -0.906. The predicted molar refractivity (Wildman–Crippen MR) is 230 cm³/mol. The van der Waals surface area contributed by atoms with Crippen molar-refractivity contribution < 1.29 is 28.4 Å². The molecule has 5 N–H and O–H groups in total. The fourth-order valence-corrected chi connectivity index (χ4v) is 6.03. The third kappa shape index (κ3) is 37.7. The Morgan fingerprint density at radius 2 is 1.09 bits per heavy atom. The number of amides is 1. The van der Waals surface area contributed by atoms with Gasteiger partial charge in [-0.1, -0.05) is 156 Å². The van der Waals surface area contributed by atoms with Crippen LogP contribution in [0.1, 0.15) is 149 Å². The number of aliphatic hydroxyl groups excluding tert-OH is 1. The van der Waals surface area contributed by atoms with E-state index in [1.165, 1.54) is 51.4 Å². The van der Waals surface area contributed by atoms with Gasteiger partial charge < -0.3 is 21.1 Å². The number of nitrogens with one attached hydrogen (secondary N) is 1. The number of unbranched alkanes of at least 4 members (excludes halogenated alkanes) is 11. The first-order chi connectivity index (χ1) is 26.4. The molecular formula is C45H77N2O6P. The van der Waals surface area contributed by atoms with Crippen molar-refractivity contribution in [3.05, 3.63) is 97.2 Å². The summed E-state index contributed by atoms with van der Waals surface area (Å²) in [5, 5.41) is 13.6. The van der Waals surface area contributed by atoms with Gasteiger partial charge in [-0.2, -0.15) is 0 Å². The first kappa shape index (κ1) is 51.4. The molecule has 0 saturated heterocycles. The van der Waals surface area contributed by atoms with Gasteiger partial charge >= 0.3 is 7.82 Å². The lowest BCUT2D eigenvalue weighted by molar-refractivity contribution is -0.123. The van der Waals surface area contributed by atoms with Crippen molar-refractivity contribution in [3.63, 3.8) is 0 Å². The molecule has 0 fully saturated rings. The van der Waals surface area contributed by atoms with Crippen LogP contribution in [0.3, 0.4) is 0 Å². The Kier molecular flexibility index (Phi) is 38.2. The Morgan fingerprint density at radius 3 is 1.65 bits per heavy atom. The van der Waals surface area contributed by atoms with Crippen LogP contribution in [0.15, 0.2) is 97.2 Å². The number of rotatable bonds is 37. The van der Waals surface area contributed by atoms with E-state index in [1.807, 2.05) is 6.08 Å². The Morgan fingerprint density at radius 1 is 0.630 bits per heavy atom. The second kappa shape index (κ2) is 40.1. The maximum atomic E-state index is 12.7. The standard InChI is InChI=1S/C45H77N2O6P/c1-3-5-7-9-11-13-15-17-19-20-21-22-23-24-25-27-29-31-33-35-37-39-45(49)47-43(42-53-54(50,51)52-41-40-46)44(48)38-36-34-32-30-28-26-18-16-14-12-10-8-6-4-2/h5,7,11,13,17,19,21-22,24-25,28-31,36,38,43-44,48H,3-4,6,8-10,12,14-16,18,20,23,26-27,32-35,37,39-42,46H2,1-2H3,(H,47,49)(H,50,51)/b7-5-,13-11-,19-17-,22-21-,25-24-,30-28+,31-29-,38-36+. The third-order valence-electron chi connectivity index (χ3n) is 8.39. The molecule has 308 valence electrons. The van der Waals surface area contributed by atoms with Crippen molar-refractivity contribution in [2.75, 3.05) is 19.8 Å². The number of allylic oxidation sites excluding steroid dienone is 15. The number of phosphoric acid groups is 1. The number of carbonyl (C=O) groups excluding carboxylic acids is 1. The molecular weight excluding hydrogens is 695 g/mol. The molecule has 8 nitrogen and oxygen atoms in total. The zero-order valence-electron chi connectivity index (χ0n) is 33.9. The number of phosphoric ester groups is 1. The minimum absolute atomic E-state index is 0.0611. The molecule has 1 amide bonds. The van der Waals surface area contributed by atoms with Crippen LogP contribution >= 0.6 is 7.82 Å². The summed E-state index contributed by atoms with van der Waals surface area (Å²) in [4.78, 5) is 22.6. The van der Waals surface area contributed by atoms with Crippen LogP contribution < -0.4 is 11.1 Å². The Balaban J connectivity index is 4.41. The van der Waals surface area contributed by atoms with Gasteiger partial charge in [0.25, 0.3) is 0 Å². The maximum absolute atomic E-state index is 12.7. The highest BCUT2D eigenvalue weighted by Gasteiger charge is 2.26. The number of carbonyl (C=O) groups is 1. The molecule has 0 aromatic heterocycles. The van der Waals surface area contributed by atoms with E-state index in [2.05, 4.69) is 104 Å². The first-order valence-corrected chi connectivity index (χ1v) is 22.4. The van der Waals surface area contributed by atoms with Crippen molar-refractivity contribution in [2.24, 2.45) is 5.73 Å². The van der Waals surface area contributed by atoms with Crippen molar-refractivity contribution in [1.82, 2.24) is 5.32 Å². The predicted octanol–water partition coefficient (Wildman–Crippen LogP) is 11.6. The Hall–Kier alpha value is -2.58. The molecule has 0 aliphatic heterocycles. The summed E-state index contributed by atoms with van der Waals surface area (Å²) < 4.78 is 22.1. The number of hydrogen-bond donors (Lipinski definition) is 4. The highest BCUT2D eigenvalue weighted by Crippen LogP contribution is 2.43. The molecule has 0 aliphatic rings. The van der Waals surface area contributed by atoms with Gasteiger partial charge in [0, 0.05) is 13.0 Å². The van der Waals surface area contributed by atoms with Gasteiger partial charge in [-0.15, -0.1) is 0 Å². The summed E-state index contributed by atoms with van der Waals surface area (Å²) in [6.07, 6.45) is 54.6. The molecule has 0 bridgehead atoms. The van der Waals surface area contributed by atoms with Crippen molar-refractivity contribution in [1.29, 1.82) is 0 Å². The monoisotopic (exact) mass is 773 g/mol. The van der Waals surface area contributed by atoms with E-state index in [9.17, 15) is 19.4 Å². The minimum atomic E-state index is -4.36. The van der Waals surface area contributed by atoms with Gasteiger partial charge in [0.15, 0.2) is 0 Å². The van der Waals surface area contributed by atoms with Crippen LogP contribution in [0, 0.1) is 0 Å². The quantitative estimate of drug-likeness (QED) is 0.0281. The van der Waals surface area contributed by atoms with E-state index in [1.54, 1.807) is 6.08 Å². The van der Waals surface area contributed by atoms with Gasteiger partial charge in [-0.3, -0.25) is 13.8 Å². The van der Waals surface area contributed by atoms with E-state index in [0.29, 0.717) is 6.42 Å². The summed E-state index contributed by atoms with van der Waals surface area (Å²) in [7, 11) is -4.36. The van der Waals surface area contributed by atoms with Gasteiger partial charge in [-0.05, 0) is 83.5 Å². The van der Waals surface area contributed by atoms with Crippen LogP contribution in [0.25, 0.3) is 0 Å². The van der Waals surface area contributed by atoms with E-state index in [-0.39, 0.29) is 32.1 Å². The lowest BCUT2D eigenvalue weighted by Crippen LogP contribution is -2.45. The molecule has 0 spiro atoms. The van der Waals surface area contributed by atoms with E-state index in [4.69, 9.17) is 14.8 Å². The van der Waals surface area contributed by atoms with Crippen LogP contribution in [0.2, 0.25) is 0 Å². The van der Waals surface area contributed by atoms with Crippen molar-refractivity contribution in [2.45, 2.75) is 161 Å². The average Bonchev–Trinajstić information content (AvgIpc) is 3.16. The summed E-state index contributed by atoms with van der Waals surface area (Å²) >= 11 is 0. The molecule has 0 rings (SSSR count). The highest BCUT2D eigenvalue weighted by molar-refractivity contribution is 7.47.